The average Bonchev–Trinajstić information content (AvgIpc) is 3.98. The number of rotatable bonds is 41. The molecule has 2 aromatic rings. The van der Waals surface area contributed by atoms with Gasteiger partial charge in [-0.2, -0.15) is 0 Å². The molecule has 0 saturated carbocycles. The van der Waals surface area contributed by atoms with Crippen molar-refractivity contribution >= 4 is 11.4 Å². The van der Waals surface area contributed by atoms with Gasteiger partial charge in [0.15, 0.2) is 0 Å². The molecule has 0 amide bonds. The van der Waals surface area contributed by atoms with Crippen molar-refractivity contribution in [1.82, 2.24) is 8.97 Å². The van der Waals surface area contributed by atoms with Crippen molar-refractivity contribution < 1.29 is 9.47 Å². The van der Waals surface area contributed by atoms with Crippen molar-refractivity contribution in [3.63, 3.8) is 0 Å². The van der Waals surface area contributed by atoms with Gasteiger partial charge in [-0.1, -0.05) is 178 Å². The van der Waals surface area contributed by atoms with Crippen LogP contribution in [0.1, 0.15) is 218 Å². The smallest absolute Gasteiger partial charge is 0.132 e. The highest BCUT2D eigenvalue weighted by Gasteiger charge is 2.34. The Morgan fingerprint density at radius 3 is 0.733 bits per heavy atom. The normalized spacial score (nSPS) is 15.9. The molecule has 0 spiro atoms. The predicted octanol–water partition coefficient (Wildman–Crippen LogP) is 16.3. The van der Waals surface area contributed by atoms with E-state index in [-0.39, 0.29) is 0 Å². The Balaban J connectivity index is 0.758. The maximum atomic E-state index is 5.95. The minimum atomic E-state index is 0.976. The van der Waals surface area contributed by atoms with Gasteiger partial charge in [0.25, 0.3) is 0 Å². The number of benzene rings is 2. The van der Waals surface area contributed by atoms with E-state index >= 15 is 0 Å². The molecule has 2 aliphatic heterocycles. The molecule has 0 N–H and O–H groups in total. The van der Waals surface area contributed by atoms with Gasteiger partial charge in [0.1, 0.15) is 11.4 Å². The third kappa shape index (κ3) is 22.6. The quantitative estimate of drug-likeness (QED) is 0.0491. The Kier molecular flexibility index (Phi) is 29.5. The molecule has 2 aliphatic rings. The van der Waals surface area contributed by atoms with E-state index in [9.17, 15) is 0 Å². The van der Waals surface area contributed by atoms with Gasteiger partial charge in [-0.05, 0) is 75.6 Å². The Hall–Kier alpha value is -1.72. The topological polar surface area (TPSA) is 18.5 Å². The molecule has 0 atom stereocenters. The summed E-state index contributed by atoms with van der Waals surface area (Å²) in [7, 11) is 0. The Labute approximate surface area is 373 Å². The minimum absolute atomic E-state index is 0.976. The van der Waals surface area contributed by atoms with Crippen molar-refractivity contribution in [2.24, 2.45) is 0 Å². The molecule has 2 heterocycles. The molecule has 4 heteroatoms. The van der Waals surface area contributed by atoms with Gasteiger partial charge in [-0.3, -0.25) is 8.97 Å². The molecule has 342 valence electrons. The largest absolute Gasteiger partial charge is 0.381 e. The molecule has 0 radical (unpaired) electrons. The van der Waals surface area contributed by atoms with Crippen LogP contribution in [-0.2, 0) is 9.47 Å². The molecule has 4 nitrogen and oxygen atoms in total. The molecule has 4 rings (SSSR count). The lowest BCUT2D eigenvalue weighted by Crippen LogP contribution is -2.47. The van der Waals surface area contributed by atoms with E-state index in [4.69, 9.17) is 9.47 Å². The van der Waals surface area contributed by atoms with E-state index in [0.717, 1.165) is 26.4 Å². The summed E-state index contributed by atoms with van der Waals surface area (Å²) >= 11 is 0. The van der Waals surface area contributed by atoms with Crippen LogP contribution in [0.5, 0.6) is 0 Å². The number of hydrogen-bond donors (Lipinski definition) is 0. The second-order valence-corrected chi connectivity index (χ2v) is 19.5. The van der Waals surface area contributed by atoms with Crippen LogP contribution in [0.15, 0.2) is 60.7 Å². The van der Waals surface area contributed by atoms with Crippen LogP contribution in [-0.4, -0.2) is 65.7 Å². The van der Waals surface area contributed by atoms with Gasteiger partial charge >= 0.3 is 0 Å². The van der Waals surface area contributed by atoms with Gasteiger partial charge in [0.2, 0.25) is 0 Å². The predicted molar refractivity (Wildman–Crippen MR) is 264 cm³/mol. The van der Waals surface area contributed by atoms with Crippen molar-refractivity contribution in [1.29, 1.82) is 0 Å². The second-order valence-electron chi connectivity index (χ2n) is 19.5. The van der Waals surface area contributed by atoms with Gasteiger partial charge in [-0.15, -0.1) is 0 Å². The molecule has 2 saturated heterocycles. The summed E-state index contributed by atoms with van der Waals surface area (Å²) in [6.45, 7) is 12.0. The summed E-state index contributed by atoms with van der Waals surface area (Å²) in [5, 5.41) is 0. The van der Waals surface area contributed by atoms with Crippen LogP contribution < -0.4 is 8.97 Å². The molecule has 0 aromatic heterocycles. The highest BCUT2D eigenvalue weighted by molar-refractivity contribution is 5.44. The summed E-state index contributed by atoms with van der Waals surface area (Å²) < 4.78 is 14.4. The number of quaternary nitrogens is 2. The SMILES string of the molecule is c1ccc([N+]2(CCCCCCCCCCCCOCCCCCCCCCCCCOCCCCCCCCCCCC[N+]3(c4ccccc4)CCCC3)CCCC2)cc1. The van der Waals surface area contributed by atoms with Crippen molar-refractivity contribution in [3.05, 3.63) is 60.7 Å². The molecule has 2 fully saturated rings. The number of ether oxygens (including phenoxy) is 2. The number of likely N-dealkylation sites (tertiary alicyclic amines) is 2. The third-order valence-corrected chi connectivity index (χ3v) is 14.5. The Morgan fingerprint density at radius 2 is 0.483 bits per heavy atom. The zero-order valence-electron chi connectivity index (χ0n) is 39.6. The lowest BCUT2D eigenvalue weighted by Gasteiger charge is -2.34. The first-order valence-corrected chi connectivity index (χ1v) is 26.8. The summed E-state index contributed by atoms with van der Waals surface area (Å²) in [6, 6.07) is 22.7. The first-order valence-electron chi connectivity index (χ1n) is 26.8. The zero-order chi connectivity index (χ0) is 41.8. The zero-order valence-corrected chi connectivity index (χ0v) is 39.6. The molecule has 2 aromatic carbocycles. The van der Waals surface area contributed by atoms with Crippen LogP contribution in [0.3, 0.4) is 0 Å². The van der Waals surface area contributed by atoms with Gasteiger partial charge in [-0.25, -0.2) is 0 Å². The van der Waals surface area contributed by atoms with E-state index in [0.29, 0.717) is 0 Å². The minimum Gasteiger partial charge on any atom is -0.381 e. The van der Waals surface area contributed by atoms with Crippen LogP contribution in [0.25, 0.3) is 0 Å². The fourth-order valence-corrected chi connectivity index (χ4v) is 10.7. The summed E-state index contributed by atoms with van der Waals surface area (Å²) in [6.07, 6.45) is 47.1. The molecule has 0 bridgehead atoms. The highest BCUT2D eigenvalue weighted by Crippen LogP contribution is 2.31. The van der Waals surface area contributed by atoms with Crippen LogP contribution >= 0.6 is 0 Å². The summed E-state index contributed by atoms with van der Waals surface area (Å²) in [5.74, 6) is 0. The number of nitrogens with zero attached hydrogens (tertiary/aromatic N) is 2. The molecular weight excluding hydrogens is 733 g/mol. The maximum absolute atomic E-state index is 5.95. The lowest BCUT2D eigenvalue weighted by molar-refractivity contribution is 0.125. The van der Waals surface area contributed by atoms with Crippen molar-refractivity contribution in [3.8, 4) is 0 Å². The van der Waals surface area contributed by atoms with E-state index in [1.54, 1.807) is 11.4 Å². The maximum Gasteiger partial charge on any atom is 0.132 e. The first kappa shape index (κ1) is 50.9. The summed E-state index contributed by atoms with van der Waals surface area (Å²) in [4.78, 5) is 0. The third-order valence-electron chi connectivity index (χ3n) is 14.5. The van der Waals surface area contributed by atoms with Crippen LogP contribution in [0.4, 0.5) is 11.4 Å². The average molecular weight is 831 g/mol. The number of unbranched alkanes of at least 4 members (excludes halogenated alkanes) is 27. The molecule has 0 unspecified atom stereocenters. The second kappa shape index (κ2) is 34.7. The lowest BCUT2D eigenvalue weighted by atomic mass is 10.1. The van der Waals surface area contributed by atoms with Gasteiger partial charge in [0, 0.05) is 52.1 Å². The monoisotopic (exact) mass is 831 g/mol. The van der Waals surface area contributed by atoms with E-state index in [1.807, 2.05) is 0 Å². The fraction of sp³-hybridized carbons (Fsp3) is 0.786. The standard InChI is InChI=1S/C56H98N2O2/c1(7-13-19-31-45-57(47-33-34-48-57)55-41-27-25-28-42-55)3-9-15-21-37-51-59-53-39-23-17-11-5-6-12-18-24-40-54-60-52-38-22-16-10-4-2-8-14-20-32-46-58(49-35-36-50-58)56-43-29-26-30-44-56/h25-30,41-44H,1-24,31-40,45-54H2/q+2. The highest BCUT2D eigenvalue weighted by atomic mass is 16.5. The Bertz CT molecular complexity index is 1110. The van der Waals surface area contributed by atoms with Gasteiger partial charge in [0.05, 0.1) is 39.3 Å². The van der Waals surface area contributed by atoms with Crippen molar-refractivity contribution in [2.75, 3.05) is 65.7 Å². The number of para-hydroxylation sites is 2. The van der Waals surface area contributed by atoms with Crippen LogP contribution in [0.2, 0.25) is 0 Å². The molecular formula is C56H98N2O2+2. The van der Waals surface area contributed by atoms with Crippen molar-refractivity contribution in [2.45, 2.75) is 218 Å². The molecule has 60 heavy (non-hydrogen) atoms. The van der Waals surface area contributed by atoms with E-state index in [1.165, 1.54) is 267 Å². The van der Waals surface area contributed by atoms with Crippen LogP contribution in [0, 0.1) is 0 Å². The number of hydrogen-bond acceptors (Lipinski definition) is 2. The molecule has 0 aliphatic carbocycles. The Morgan fingerprint density at radius 1 is 0.267 bits per heavy atom. The van der Waals surface area contributed by atoms with Gasteiger partial charge < -0.3 is 9.47 Å². The fourth-order valence-electron chi connectivity index (χ4n) is 10.7. The van der Waals surface area contributed by atoms with E-state index in [2.05, 4.69) is 60.7 Å². The van der Waals surface area contributed by atoms with E-state index < -0.39 is 0 Å². The summed E-state index contributed by atoms with van der Waals surface area (Å²) in [5.41, 5.74) is 3.11. The first-order chi connectivity index (χ1) is 29.8.